The Balaban J connectivity index is 1.82. The van der Waals surface area contributed by atoms with Crippen molar-refractivity contribution in [3.63, 3.8) is 0 Å². The van der Waals surface area contributed by atoms with Crippen molar-refractivity contribution in [1.29, 1.82) is 0 Å². The molecule has 4 atom stereocenters. The summed E-state index contributed by atoms with van der Waals surface area (Å²) in [4.78, 5) is 0. The number of fused-ring (bicyclic) bond motifs is 10. The van der Waals surface area contributed by atoms with E-state index in [0.717, 1.165) is 23.7 Å². The molecule has 2 aromatic carbocycles. The molecule has 0 N–H and O–H groups in total. The summed E-state index contributed by atoms with van der Waals surface area (Å²) in [5.41, 5.74) is 3.42. The maximum atomic E-state index is 2.42. The van der Waals surface area contributed by atoms with Crippen LogP contribution in [-0.2, 0) is 0 Å². The zero-order chi connectivity index (χ0) is 11.0. The van der Waals surface area contributed by atoms with Crippen LogP contribution < -0.4 is 0 Å². The molecule has 0 amide bonds. The van der Waals surface area contributed by atoms with E-state index < -0.39 is 0 Å². The summed E-state index contributed by atoms with van der Waals surface area (Å²) in [7, 11) is 0. The number of hydrogen-bond donors (Lipinski definition) is 0. The van der Waals surface area contributed by atoms with E-state index in [1.54, 1.807) is 16.5 Å². The molecule has 2 fully saturated rings. The average molecular weight is 220 g/mol. The standard InChI is InChI=1S/C17H16/c1-2-4-13-10(3-1)7-8-14-15-11-5-6-12(9-11)16(15)17(13)14/h1-4,7-8,11-12,15-16H,5-6,9H2/t11-,12-,15-,16-/m0/s1. The Kier molecular flexibility index (Phi) is 1.41. The fraction of sp³-hybridized carbons (Fsp3) is 0.412. The lowest BCUT2D eigenvalue weighted by atomic mass is 9.60. The fourth-order valence-electron chi connectivity index (χ4n) is 5.03. The van der Waals surface area contributed by atoms with E-state index in [1.165, 1.54) is 24.6 Å². The number of hydrogen-bond acceptors (Lipinski definition) is 0. The highest BCUT2D eigenvalue weighted by molar-refractivity contribution is 5.89. The second kappa shape index (κ2) is 2.75. The lowest BCUT2D eigenvalue weighted by Gasteiger charge is -2.43. The predicted molar refractivity (Wildman–Crippen MR) is 70.3 cm³/mol. The molecule has 0 nitrogen and oxygen atoms in total. The van der Waals surface area contributed by atoms with Gasteiger partial charge in [0.05, 0.1) is 0 Å². The highest BCUT2D eigenvalue weighted by atomic mass is 14.6. The topological polar surface area (TPSA) is 0 Å². The lowest BCUT2D eigenvalue weighted by Crippen LogP contribution is -2.29. The first kappa shape index (κ1) is 8.74. The van der Waals surface area contributed by atoms with E-state index in [9.17, 15) is 0 Å². The van der Waals surface area contributed by atoms with E-state index in [2.05, 4.69) is 36.4 Å². The Morgan fingerprint density at radius 3 is 2.59 bits per heavy atom. The Hall–Kier alpha value is -1.30. The van der Waals surface area contributed by atoms with Crippen LogP contribution in [-0.4, -0.2) is 0 Å². The highest BCUT2D eigenvalue weighted by Gasteiger charge is 2.55. The van der Waals surface area contributed by atoms with Crippen molar-refractivity contribution in [2.45, 2.75) is 31.1 Å². The van der Waals surface area contributed by atoms with Crippen molar-refractivity contribution in [1.82, 2.24) is 0 Å². The van der Waals surface area contributed by atoms with Gasteiger partial charge in [-0.25, -0.2) is 0 Å². The molecule has 0 saturated heterocycles. The molecular weight excluding hydrogens is 204 g/mol. The maximum absolute atomic E-state index is 2.42. The monoisotopic (exact) mass is 220 g/mol. The SMILES string of the molecule is c1ccc2c3c(ccc2c1)[C@@H]1[C@H]2CC[C@@H](C2)[C@H]31. The average Bonchev–Trinajstić information content (AvgIpc) is 2.89. The Labute approximate surface area is 102 Å². The predicted octanol–water partition coefficient (Wildman–Crippen LogP) is 4.45. The molecule has 0 aliphatic heterocycles. The summed E-state index contributed by atoms with van der Waals surface area (Å²) in [5, 5.41) is 2.98. The molecule has 2 aromatic rings. The molecule has 2 bridgehead atoms. The third-order valence-corrected chi connectivity index (χ3v) is 5.61. The van der Waals surface area contributed by atoms with Gasteiger partial charge in [0.1, 0.15) is 0 Å². The first-order valence-electron chi connectivity index (χ1n) is 6.95. The largest absolute Gasteiger partial charge is 0.0616 e. The lowest BCUT2D eigenvalue weighted by molar-refractivity contribution is 0.325. The van der Waals surface area contributed by atoms with Crippen LogP contribution in [0.1, 0.15) is 42.2 Å². The molecule has 0 heterocycles. The Morgan fingerprint density at radius 2 is 1.65 bits per heavy atom. The zero-order valence-electron chi connectivity index (χ0n) is 9.89. The van der Waals surface area contributed by atoms with Crippen LogP contribution in [0.4, 0.5) is 0 Å². The normalized spacial score (nSPS) is 36.7. The number of rotatable bonds is 0. The molecule has 17 heavy (non-hydrogen) atoms. The third-order valence-electron chi connectivity index (χ3n) is 5.61. The molecule has 5 rings (SSSR count). The summed E-state index contributed by atoms with van der Waals surface area (Å²) in [6.07, 6.45) is 4.50. The van der Waals surface area contributed by atoms with Gasteiger partial charge in [0, 0.05) is 0 Å². The van der Waals surface area contributed by atoms with Crippen LogP contribution in [0.5, 0.6) is 0 Å². The number of benzene rings is 2. The Morgan fingerprint density at radius 1 is 0.824 bits per heavy atom. The van der Waals surface area contributed by atoms with Gasteiger partial charge in [0.2, 0.25) is 0 Å². The van der Waals surface area contributed by atoms with Gasteiger partial charge in [-0.3, -0.25) is 0 Å². The molecule has 84 valence electrons. The molecule has 3 aliphatic carbocycles. The van der Waals surface area contributed by atoms with Crippen molar-refractivity contribution in [3.05, 3.63) is 47.5 Å². The highest BCUT2D eigenvalue weighted by Crippen LogP contribution is 2.68. The van der Waals surface area contributed by atoms with E-state index in [-0.39, 0.29) is 0 Å². The molecule has 0 heteroatoms. The molecule has 0 aromatic heterocycles. The third kappa shape index (κ3) is 0.887. The van der Waals surface area contributed by atoms with Crippen molar-refractivity contribution in [3.8, 4) is 0 Å². The van der Waals surface area contributed by atoms with Crippen molar-refractivity contribution in [2.24, 2.45) is 11.8 Å². The van der Waals surface area contributed by atoms with E-state index in [4.69, 9.17) is 0 Å². The van der Waals surface area contributed by atoms with E-state index in [1.807, 2.05) is 0 Å². The fourth-order valence-corrected chi connectivity index (χ4v) is 5.03. The molecule has 0 spiro atoms. The first-order chi connectivity index (χ1) is 8.43. The maximum Gasteiger partial charge on any atom is -0.00529 e. The van der Waals surface area contributed by atoms with E-state index >= 15 is 0 Å². The minimum absolute atomic E-state index is 0.926. The summed E-state index contributed by atoms with van der Waals surface area (Å²) >= 11 is 0. The van der Waals surface area contributed by atoms with Crippen LogP contribution in [0.3, 0.4) is 0 Å². The van der Waals surface area contributed by atoms with Gasteiger partial charge < -0.3 is 0 Å². The summed E-state index contributed by atoms with van der Waals surface area (Å²) in [6, 6.07) is 13.7. The first-order valence-corrected chi connectivity index (χ1v) is 6.95. The Bertz CT molecular complexity index is 625. The van der Waals surface area contributed by atoms with Gasteiger partial charge in [-0.2, -0.15) is 0 Å². The van der Waals surface area contributed by atoms with Crippen LogP contribution >= 0.6 is 0 Å². The molecular formula is C17H16. The second-order valence-electron chi connectivity index (χ2n) is 6.17. The van der Waals surface area contributed by atoms with Crippen LogP contribution in [0, 0.1) is 11.8 Å². The van der Waals surface area contributed by atoms with Crippen LogP contribution in [0.2, 0.25) is 0 Å². The minimum Gasteiger partial charge on any atom is -0.0616 e. The van der Waals surface area contributed by atoms with Gasteiger partial charge >= 0.3 is 0 Å². The summed E-state index contributed by atoms with van der Waals surface area (Å²) in [6.45, 7) is 0. The van der Waals surface area contributed by atoms with Crippen LogP contribution in [0.15, 0.2) is 36.4 Å². The van der Waals surface area contributed by atoms with Gasteiger partial charge in [0.15, 0.2) is 0 Å². The molecule has 0 unspecified atom stereocenters. The summed E-state index contributed by atoms with van der Waals surface area (Å²) in [5.74, 6) is 3.91. The van der Waals surface area contributed by atoms with Gasteiger partial charge in [0.25, 0.3) is 0 Å². The quantitative estimate of drug-likeness (QED) is 0.615. The van der Waals surface area contributed by atoms with E-state index in [0.29, 0.717) is 0 Å². The molecule has 2 saturated carbocycles. The van der Waals surface area contributed by atoms with Gasteiger partial charge in [-0.1, -0.05) is 36.4 Å². The molecule has 0 radical (unpaired) electrons. The second-order valence-corrected chi connectivity index (χ2v) is 6.17. The van der Waals surface area contributed by atoms with Crippen molar-refractivity contribution in [2.75, 3.05) is 0 Å². The zero-order valence-corrected chi connectivity index (χ0v) is 9.89. The van der Waals surface area contributed by atoms with Gasteiger partial charge in [-0.05, 0) is 64.8 Å². The summed E-state index contributed by atoms with van der Waals surface area (Å²) < 4.78 is 0. The van der Waals surface area contributed by atoms with Crippen molar-refractivity contribution >= 4 is 10.8 Å². The molecule has 3 aliphatic rings. The minimum atomic E-state index is 0.926. The smallest absolute Gasteiger partial charge is 0.00529 e. The van der Waals surface area contributed by atoms with Crippen molar-refractivity contribution < 1.29 is 0 Å². The van der Waals surface area contributed by atoms with Crippen LogP contribution in [0.25, 0.3) is 10.8 Å². The van der Waals surface area contributed by atoms with Gasteiger partial charge in [-0.15, -0.1) is 0 Å².